The van der Waals surface area contributed by atoms with Crippen molar-refractivity contribution in [1.29, 1.82) is 0 Å². The molecule has 1 aliphatic heterocycles. The van der Waals surface area contributed by atoms with Gasteiger partial charge in [-0.3, -0.25) is 0 Å². The normalized spacial score (nSPS) is 14.8. The summed E-state index contributed by atoms with van der Waals surface area (Å²) >= 11 is 0. The first-order chi connectivity index (χ1) is 6.11. The number of benzene rings is 1. The Morgan fingerprint density at radius 3 is 2.85 bits per heavy atom. The highest BCUT2D eigenvalue weighted by molar-refractivity contribution is 6.61. The van der Waals surface area contributed by atoms with Crippen LogP contribution in [-0.4, -0.2) is 12.1 Å². The predicted octanol–water partition coefficient (Wildman–Crippen LogP) is -0.235. The van der Waals surface area contributed by atoms with Crippen molar-refractivity contribution in [3.05, 3.63) is 23.3 Å². The van der Waals surface area contributed by atoms with Crippen LogP contribution in [0.25, 0.3) is 0 Å². The van der Waals surface area contributed by atoms with Crippen LogP contribution in [0.4, 0.5) is 14.5 Å². The second-order valence-electron chi connectivity index (χ2n) is 2.83. The van der Waals surface area contributed by atoms with Crippen molar-refractivity contribution in [3.63, 3.8) is 0 Å². The summed E-state index contributed by atoms with van der Waals surface area (Å²) in [6.07, 6.45) is 0. The molecule has 0 aliphatic carbocycles. The van der Waals surface area contributed by atoms with Crippen LogP contribution in [0, 0.1) is 11.6 Å². The van der Waals surface area contributed by atoms with E-state index >= 15 is 0 Å². The highest BCUT2D eigenvalue weighted by Gasteiger charge is 2.33. The molecule has 2 rings (SSSR count). The smallest absolute Gasteiger partial charge is 0.423 e. The van der Waals surface area contributed by atoms with Crippen molar-refractivity contribution < 1.29 is 18.5 Å². The van der Waals surface area contributed by atoms with Crippen molar-refractivity contribution >= 4 is 18.3 Å². The topological polar surface area (TPSA) is 55.5 Å². The third-order valence-electron chi connectivity index (χ3n) is 2.00. The van der Waals surface area contributed by atoms with E-state index in [9.17, 15) is 8.78 Å². The van der Waals surface area contributed by atoms with Gasteiger partial charge in [0, 0.05) is 5.46 Å². The van der Waals surface area contributed by atoms with Crippen LogP contribution in [-0.2, 0) is 11.3 Å². The van der Waals surface area contributed by atoms with E-state index in [2.05, 4.69) is 0 Å². The molecule has 0 amide bonds. The van der Waals surface area contributed by atoms with Crippen molar-refractivity contribution in [2.24, 2.45) is 0 Å². The molecule has 0 spiro atoms. The minimum Gasteiger partial charge on any atom is -0.423 e. The molecule has 6 heteroatoms. The second kappa shape index (κ2) is 2.68. The van der Waals surface area contributed by atoms with Gasteiger partial charge in [-0.05, 0) is 11.6 Å². The van der Waals surface area contributed by atoms with Gasteiger partial charge in [-0.2, -0.15) is 0 Å². The number of rotatable bonds is 0. The third kappa shape index (κ3) is 1.10. The zero-order chi connectivity index (χ0) is 9.59. The van der Waals surface area contributed by atoms with Gasteiger partial charge >= 0.3 is 7.12 Å². The van der Waals surface area contributed by atoms with Gasteiger partial charge in [0.1, 0.15) is 0 Å². The van der Waals surface area contributed by atoms with Crippen LogP contribution in [0.1, 0.15) is 5.56 Å². The standard InChI is InChI=1S/C7H6BF2NO2/c9-6-4(11)1-3-2-13-8(12)5(3)7(6)10/h1,12H,2,11H2. The lowest BCUT2D eigenvalue weighted by atomic mass is 9.79. The molecular formula is C7H6BF2NO2. The number of nitrogen functional groups attached to an aromatic ring is 1. The summed E-state index contributed by atoms with van der Waals surface area (Å²) in [5, 5.41) is 9.11. The Morgan fingerprint density at radius 1 is 1.46 bits per heavy atom. The van der Waals surface area contributed by atoms with Gasteiger partial charge in [-0.1, -0.05) is 0 Å². The third-order valence-corrected chi connectivity index (χ3v) is 2.00. The van der Waals surface area contributed by atoms with E-state index in [1.54, 1.807) is 0 Å². The molecule has 0 radical (unpaired) electrons. The van der Waals surface area contributed by atoms with Crippen molar-refractivity contribution in [1.82, 2.24) is 0 Å². The molecule has 13 heavy (non-hydrogen) atoms. The fourth-order valence-electron chi connectivity index (χ4n) is 1.35. The molecule has 3 nitrogen and oxygen atoms in total. The number of hydrogen-bond acceptors (Lipinski definition) is 3. The molecule has 1 aromatic carbocycles. The Bertz CT molecular complexity index is 372. The van der Waals surface area contributed by atoms with Gasteiger partial charge in [0.25, 0.3) is 0 Å². The SMILES string of the molecule is Nc1cc2c(c(F)c1F)B(O)OC2. The summed E-state index contributed by atoms with van der Waals surface area (Å²) in [4.78, 5) is 0. The molecule has 1 heterocycles. The molecule has 0 atom stereocenters. The average molecular weight is 185 g/mol. The second-order valence-corrected chi connectivity index (χ2v) is 2.83. The molecular weight excluding hydrogens is 179 g/mol. The summed E-state index contributed by atoms with van der Waals surface area (Å²) in [7, 11) is -1.38. The Morgan fingerprint density at radius 2 is 2.15 bits per heavy atom. The minimum atomic E-state index is -1.38. The summed E-state index contributed by atoms with van der Waals surface area (Å²) in [6.45, 7) is 0.0535. The Labute approximate surface area is 73.3 Å². The molecule has 0 bridgehead atoms. The van der Waals surface area contributed by atoms with E-state index in [0.717, 1.165) is 0 Å². The van der Waals surface area contributed by atoms with E-state index < -0.39 is 18.8 Å². The number of halogens is 2. The van der Waals surface area contributed by atoms with Gasteiger partial charge in [0.05, 0.1) is 12.3 Å². The van der Waals surface area contributed by atoms with Crippen molar-refractivity contribution in [3.8, 4) is 0 Å². The number of hydrogen-bond donors (Lipinski definition) is 2. The molecule has 0 saturated heterocycles. The number of nitrogens with two attached hydrogens (primary N) is 1. The van der Waals surface area contributed by atoms with E-state index in [0.29, 0.717) is 5.56 Å². The average Bonchev–Trinajstić information content (AvgIpc) is 2.43. The van der Waals surface area contributed by atoms with Crippen LogP contribution < -0.4 is 11.2 Å². The van der Waals surface area contributed by atoms with E-state index in [4.69, 9.17) is 15.4 Å². The van der Waals surface area contributed by atoms with E-state index in [-0.39, 0.29) is 17.8 Å². The lowest BCUT2D eigenvalue weighted by Crippen LogP contribution is -2.32. The molecule has 1 aromatic rings. The van der Waals surface area contributed by atoms with Crippen LogP contribution >= 0.6 is 0 Å². The Kier molecular flexibility index (Phi) is 1.74. The van der Waals surface area contributed by atoms with E-state index in [1.165, 1.54) is 6.07 Å². The first-order valence-electron chi connectivity index (χ1n) is 3.67. The number of anilines is 1. The van der Waals surface area contributed by atoms with Crippen LogP contribution in [0.15, 0.2) is 6.07 Å². The zero-order valence-electron chi connectivity index (χ0n) is 6.55. The van der Waals surface area contributed by atoms with Crippen LogP contribution in [0.2, 0.25) is 0 Å². The molecule has 68 valence electrons. The highest BCUT2D eigenvalue weighted by Crippen LogP contribution is 2.19. The monoisotopic (exact) mass is 185 g/mol. The molecule has 0 saturated carbocycles. The predicted molar refractivity (Wildman–Crippen MR) is 43.2 cm³/mol. The molecule has 3 N–H and O–H groups in total. The summed E-state index contributed by atoms with van der Waals surface area (Å²) < 4.78 is 30.7. The van der Waals surface area contributed by atoms with Crippen molar-refractivity contribution in [2.75, 3.05) is 5.73 Å². The maximum absolute atomic E-state index is 13.1. The van der Waals surface area contributed by atoms with Crippen LogP contribution in [0.5, 0.6) is 0 Å². The lowest BCUT2D eigenvalue weighted by molar-refractivity contribution is 0.275. The van der Waals surface area contributed by atoms with Crippen LogP contribution in [0.3, 0.4) is 0 Å². The Balaban J connectivity index is 2.68. The largest absolute Gasteiger partial charge is 0.494 e. The fraction of sp³-hybridized carbons (Fsp3) is 0.143. The number of fused-ring (bicyclic) bond motifs is 1. The quantitative estimate of drug-likeness (QED) is 0.433. The van der Waals surface area contributed by atoms with Gasteiger partial charge in [0.15, 0.2) is 11.6 Å². The molecule has 0 unspecified atom stereocenters. The zero-order valence-corrected chi connectivity index (χ0v) is 6.55. The molecule has 0 fully saturated rings. The minimum absolute atomic E-state index is 0.0535. The first kappa shape index (κ1) is 8.46. The Hall–Kier alpha value is -1.14. The summed E-state index contributed by atoms with van der Waals surface area (Å²) in [6, 6.07) is 1.27. The maximum atomic E-state index is 13.1. The molecule has 0 aromatic heterocycles. The van der Waals surface area contributed by atoms with Gasteiger partial charge in [-0.25, -0.2) is 8.78 Å². The highest BCUT2D eigenvalue weighted by atomic mass is 19.2. The lowest BCUT2D eigenvalue weighted by Gasteiger charge is -2.03. The fourth-order valence-corrected chi connectivity index (χ4v) is 1.35. The van der Waals surface area contributed by atoms with Gasteiger partial charge < -0.3 is 15.4 Å². The van der Waals surface area contributed by atoms with Gasteiger partial charge in [-0.15, -0.1) is 0 Å². The summed E-state index contributed by atoms with van der Waals surface area (Å²) in [5.41, 5.74) is 5.16. The summed E-state index contributed by atoms with van der Waals surface area (Å²) in [5.74, 6) is -2.26. The molecule has 1 aliphatic rings. The first-order valence-corrected chi connectivity index (χ1v) is 3.67. The van der Waals surface area contributed by atoms with Gasteiger partial charge in [0.2, 0.25) is 0 Å². The van der Waals surface area contributed by atoms with E-state index in [1.807, 2.05) is 0 Å². The van der Waals surface area contributed by atoms with Crippen molar-refractivity contribution in [2.45, 2.75) is 6.61 Å². The maximum Gasteiger partial charge on any atom is 0.494 e.